The van der Waals surface area contributed by atoms with Crippen LogP contribution in [0.3, 0.4) is 0 Å². The second-order valence-electron chi connectivity index (χ2n) is 9.70. The molecule has 204 valence electrons. The van der Waals surface area contributed by atoms with Gasteiger partial charge in [0.1, 0.15) is 5.58 Å². The molecule has 40 heavy (non-hydrogen) atoms. The normalized spacial score (nSPS) is 13.7. The van der Waals surface area contributed by atoms with Crippen LogP contribution in [0.1, 0.15) is 19.3 Å². The Hall–Kier alpha value is -4.21. The molecule has 0 bridgehead atoms. The van der Waals surface area contributed by atoms with Gasteiger partial charge < -0.3 is 24.1 Å². The van der Waals surface area contributed by atoms with E-state index in [-0.39, 0.29) is 30.1 Å². The van der Waals surface area contributed by atoms with Crippen LogP contribution in [0.15, 0.2) is 69.9 Å². The van der Waals surface area contributed by atoms with Gasteiger partial charge in [-0.3, -0.25) is 14.4 Å². The van der Waals surface area contributed by atoms with E-state index in [4.69, 9.17) is 9.15 Å². The number of rotatable bonds is 7. The molecule has 2 aromatic heterocycles. The lowest BCUT2D eigenvalue weighted by Gasteiger charge is -2.27. The van der Waals surface area contributed by atoms with Crippen molar-refractivity contribution in [2.24, 2.45) is 0 Å². The van der Waals surface area contributed by atoms with E-state index >= 15 is 0 Å². The van der Waals surface area contributed by atoms with Crippen LogP contribution in [0.4, 0.5) is 11.6 Å². The van der Waals surface area contributed by atoms with Gasteiger partial charge in [0.05, 0.1) is 25.7 Å². The second-order valence-corrected chi connectivity index (χ2v) is 10.8. The van der Waals surface area contributed by atoms with Crippen molar-refractivity contribution in [1.29, 1.82) is 0 Å². The van der Waals surface area contributed by atoms with Crippen LogP contribution in [0, 0.1) is 0 Å². The van der Waals surface area contributed by atoms with Crippen LogP contribution in [-0.2, 0) is 19.1 Å². The summed E-state index contributed by atoms with van der Waals surface area (Å²) in [6.07, 6.45) is 0.878. The molecule has 1 aliphatic rings. The third kappa shape index (κ3) is 5.05. The van der Waals surface area contributed by atoms with E-state index in [1.165, 1.54) is 7.11 Å². The Bertz CT molecular complexity index is 1800. The maximum absolute atomic E-state index is 13.1. The summed E-state index contributed by atoms with van der Waals surface area (Å²) in [5.41, 5.74) is 3.05. The lowest BCUT2D eigenvalue weighted by molar-refractivity contribution is -0.140. The first-order valence-electron chi connectivity index (χ1n) is 13.2. The summed E-state index contributed by atoms with van der Waals surface area (Å²) in [7, 11) is 1.34. The van der Waals surface area contributed by atoms with Gasteiger partial charge >= 0.3 is 5.97 Å². The Morgan fingerprint density at radius 2 is 1.73 bits per heavy atom. The molecule has 8 nitrogen and oxygen atoms in total. The van der Waals surface area contributed by atoms with Gasteiger partial charge in [0.2, 0.25) is 5.91 Å². The zero-order valence-corrected chi connectivity index (χ0v) is 22.8. The number of methoxy groups -OCH3 is 1. The summed E-state index contributed by atoms with van der Waals surface area (Å²) in [6.45, 7) is 2.54. The fraction of sp³-hybridized carbons (Fsp3) is 0.258. The summed E-state index contributed by atoms with van der Waals surface area (Å²) in [5.74, 6) is 0.0895. The highest BCUT2D eigenvalue weighted by molar-refractivity contribution is 7.26. The standard InChI is InChI=1S/C31H28N2O6S/c1-37-29(36)10-4-9-27(35)32-19-11-12-26-24(17-19)22-7-3-6-21(31(22)40-26)20-5-2-8-23-25(34)18-28(39-30(20)23)33-13-15-38-16-14-33/h2-3,5-8,11-12,17-18H,4,9-10,13-16H2,1H3,(H,32,35). The summed E-state index contributed by atoms with van der Waals surface area (Å²) in [5, 5.41) is 5.58. The minimum absolute atomic E-state index is 0.0694. The van der Waals surface area contributed by atoms with Crippen molar-refractivity contribution in [3.63, 3.8) is 0 Å². The van der Waals surface area contributed by atoms with Gasteiger partial charge in [0.15, 0.2) is 11.3 Å². The molecule has 1 aliphatic heterocycles. The smallest absolute Gasteiger partial charge is 0.305 e. The lowest BCUT2D eigenvalue weighted by atomic mass is 10.0. The number of nitrogens with one attached hydrogen (secondary N) is 1. The van der Waals surface area contributed by atoms with E-state index in [2.05, 4.69) is 22.2 Å². The molecule has 6 rings (SSSR count). The third-order valence-electron chi connectivity index (χ3n) is 7.15. The highest BCUT2D eigenvalue weighted by Gasteiger charge is 2.19. The Labute approximate surface area is 234 Å². The lowest BCUT2D eigenvalue weighted by Crippen LogP contribution is -2.36. The minimum Gasteiger partial charge on any atom is -0.469 e. The molecule has 0 spiro atoms. The maximum atomic E-state index is 13.1. The van der Waals surface area contributed by atoms with Gasteiger partial charge in [0, 0.05) is 69.0 Å². The molecule has 1 fully saturated rings. The van der Waals surface area contributed by atoms with E-state index in [1.54, 1.807) is 23.5 Å². The number of amides is 1. The topological polar surface area (TPSA) is 98.1 Å². The molecular formula is C31H28N2O6S. The maximum Gasteiger partial charge on any atom is 0.305 e. The van der Waals surface area contributed by atoms with E-state index in [0.29, 0.717) is 55.3 Å². The van der Waals surface area contributed by atoms with Gasteiger partial charge in [-0.1, -0.05) is 30.3 Å². The van der Waals surface area contributed by atoms with Crippen LogP contribution in [0.25, 0.3) is 42.3 Å². The molecule has 0 saturated carbocycles. The zero-order chi connectivity index (χ0) is 27.6. The quantitative estimate of drug-likeness (QED) is 0.248. The number of para-hydroxylation sites is 1. The number of thiophene rings is 1. The first-order chi connectivity index (χ1) is 19.5. The number of ether oxygens (including phenoxy) is 2. The summed E-state index contributed by atoms with van der Waals surface area (Å²) < 4.78 is 18.7. The monoisotopic (exact) mass is 556 g/mol. The molecule has 1 amide bonds. The number of nitrogens with zero attached hydrogens (tertiary/aromatic N) is 1. The molecule has 1 N–H and O–H groups in total. The number of benzene rings is 3. The predicted octanol–water partition coefficient (Wildman–Crippen LogP) is 5.95. The molecule has 0 aliphatic carbocycles. The largest absolute Gasteiger partial charge is 0.469 e. The summed E-state index contributed by atoms with van der Waals surface area (Å²) in [4.78, 5) is 38.9. The van der Waals surface area contributed by atoms with Crippen molar-refractivity contribution in [2.75, 3.05) is 43.6 Å². The highest BCUT2D eigenvalue weighted by Crippen LogP contribution is 2.42. The van der Waals surface area contributed by atoms with Crippen LogP contribution >= 0.6 is 11.3 Å². The van der Waals surface area contributed by atoms with Crippen molar-refractivity contribution < 1.29 is 23.5 Å². The number of morpholine rings is 1. The van der Waals surface area contributed by atoms with Gasteiger partial charge in [-0.2, -0.15) is 0 Å². The average Bonchev–Trinajstić information content (AvgIpc) is 3.35. The van der Waals surface area contributed by atoms with Crippen molar-refractivity contribution in [3.05, 3.63) is 70.9 Å². The van der Waals surface area contributed by atoms with Crippen LogP contribution in [0.2, 0.25) is 0 Å². The van der Waals surface area contributed by atoms with Gasteiger partial charge in [-0.05, 0) is 30.7 Å². The van der Waals surface area contributed by atoms with Crippen LogP contribution in [0.5, 0.6) is 0 Å². The number of esters is 1. The van der Waals surface area contributed by atoms with Gasteiger partial charge in [-0.15, -0.1) is 11.3 Å². The van der Waals surface area contributed by atoms with Crippen molar-refractivity contribution in [1.82, 2.24) is 0 Å². The van der Waals surface area contributed by atoms with Gasteiger partial charge in [-0.25, -0.2) is 0 Å². The number of anilines is 2. The third-order valence-corrected chi connectivity index (χ3v) is 8.37. The van der Waals surface area contributed by atoms with Crippen LogP contribution in [-0.4, -0.2) is 45.3 Å². The van der Waals surface area contributed by atoms with Crippen molar-refractivity contribution in [2.45, 2.75) is 19.3 Å². The first-order valence-corrected chi connectivity index (χ1v) is 14.1. The summed E-state index contributed by atoms with van der Waals surface area (Å²) in [6, 6.07) is 19.3. The molecule has 9 heteroatoms. The van der Waals surface area contributed by atoms with E-state index in [9.17, 15) is 14.4 Å². The van der Waals surface area contributed by atoms with E-state index < -0.39 is 0 Å². The molecule has 1 saturated heterocycles. The second kappa shape index (κ2) is 11.1. The Balaban J connectivity index is 1.37. The SMILES string of the molecule is COC(=O)CCCC(=O)Nc1ccc2sc3c(-c4cccc5c(=O)cc(N6CCOCC6)oc45)cccc3c2c1. The average molecular weight is 557 g/mol. The number of carbonyl (C=O) groups is 2. The highest BCUT2D eigenvalue weighted by atomic mass is 32.1. The fourth-order valence-electron chi connectivity index (χ4n) is 5.12. The number of hydrogen-bond donors (Lipinski definition) is 1. The number of hydrogen-bond acceptors (Lipinski definition) is 8. The Morgan fingerprint density at radius 3 is 2.52 bits per heavy atom. The van der Waals surface area contributed by atoms with E-state index in [0.717, 1.165) is 31.3 Å². The Morgan fingerprint density at radius 1 is 0.950 bits per heavy atom. The first kappa shape index (κ1) is 26.0. The Kier molecular flexibility index (Phi) is 7.23. The molecule has 5 aromatic rings. The predicted molar refractivity (Wildman–Crippen MR) is 158 cm³/mol. The minimum atomic E-state index is -0.322. The number of carbonyl (C=O) groups excluding carboxylic acids is 2. The van der Waals surface area contributed by atoms with Gasteiger partial charge in [0.25, 0.3) is 0 Å². The van der Waals surface area contributed by atoms with Crippen molar-refractivity contribution >= 4 is 65.9 Å². The van der Waals surface area contributed by atoms with Crippen LogP contribution < -0.4 is 15.6 Å². The van der Waals surface area contributed by atoms with E-state index in [1.807, 2.05) is 41.3 Å². The molecular weight excluding hydrogens is 528 g/mol. The molecule has 0 unspecified atom stereocenters. The molecule has 0 radical (unpaired) electrons. The molecule has 0 atom stereocenters. The zero-order valence-electron chi connectivity index (χ0n) is 22.0. The fourth-order valence-corrected chi connectivity index (χ4v) is 6.33. The number of fused-ring (bicyclic) bond motifs is 4. The molecule has 3 heterocycles. The molecule has 3 aromatic carbocycles. The summed E-state index contributed by atoms with van der Waals surface area (Å²) >= 11 is 1.66. The van der Waals surface area contributed by atoms with Crippen molar-refractivity contribution in [3.8, 4) is 11.1 Å².